The highest BCUT2D eigenvalue weighted by Gasteiger charge is 2.40. The number of nitrogens with zero attached hydrogens (tertiary/aromatic N) is 3. The fraction of sp³-hybridized carbons (Fsp3) is 1.00. The first-order valence-corrected chi connectivity index (χ1v) is 10.8. The van der Waals surface area contributed by atoms with Gasteiger partial charge in [-0.15, -0.1) is 0 Å². The third-order valence-corrected chi connectivity index (χ3v) is 9.15. The average molecular weight is 343 g/mol. The average Bonchev–Trinajstić information content (AvgIpc) is 2.57. The summed E-state index contributed by atoms with van der Waals surface area (Å²) < 4.78 is 31.1. The largest absolute Gasteiger partial charge is 0.414 e. The highest BCUT2D eigenvalue weighted by atomic mass is 28.4. The second kappa shape index (κ2) is 8.48. The lowest BCUT2D eigenvalue weighted by Crippen LogP contribution is -2.46. The summed E-state index contributed by atoms with van der Waals surface area (Å²) in [4.78, 5) is 2.65. The Labute approximate surface area is 140 Å². The summed E-state index contributed by atoms with van der Waals surface area (Å²) in [6.07, 6.45) is -1.43. The molecular weight excluding hydrogens is 316 g/mol. The predicted molar refractivity (Wildman–Crippen MR) is 90.6 cm³/mol. The Balaban J connectivity index is 2.76. The van der Waals surface area contributed by atoms with Gasteiger partial charge in [0.1, 0.15) is 26.9 Å². The highest BCUT2D eigenvalue weighted by molar-refractivity contribution is 6.74. The van der Waals surface area contributed by atoms with Crippen molar-refractivity contribution in [2.45, 2.75) is 76.1 Å². The molecule has 1 saturated heterocycles. The zero-order chi connectivity index (χ0) is 17.7. The van der Waals surface area contributed by atoms with Crippen LogP contribution in [-0.2, 0) is 13.9 Å². The lowest BCUT2D eigenvalue weighted by atomic mass is 9.93. The third kappa shape index (κ3) is 6.08. The van der Waals surface area contributed by atoms with Gasteiger partial charge in [0.15, 0.2) is 8.32 Å². The summed E-state index contributed by atoms with van der Waals surface area (Å²) in [6, 6.07) is -0.990. The molecule has 0 N–H and O–H groups in total. The monoisotopic (exact) mass is 343 g/mol. The maximum absolute atomic E-state index is 13.8. The Bertz CT molecular complexity index is 430. The molecule has 1 aliphatic rings. The molecule has 0 aliphatic carbocycles. The molecule has 1 rings (SSSR count). The SMILES string of the molecule is [B][C@@H]1O[C@H](CO[Si](C)(C)C(C)(C)C)C(OCN=[N+]=[N-])CCC1F. The van der Waals surface area contributed by atoms with Crippen LogP contribution in [0.3, 0.4) is 0 Å². The molecule has 4 atom stereocenters. The van der Waals surface area contributed by atoms with Gasteiger partial charge in [0.2, 0.25) is 0 Å². The van der Waals surface area contributed by atoms with Crippen LogP contribution in [0.1, 0.15) is 33.6 Å². The van der Waals surface area contributed by atoms with Crippen molar-refractivity contribution in [2.24, 2.45) is 5.11 Å². The van der Waals surface area contributed by atoms with E-state index >= 15 is 0 Å². The molecule has 1 heterocycles. The van der Waals surface area contributed by atoms with Crippen LogP contribution in [0, 0.1) is 0 Å². The number of ether oxygens (including phenoxy) is 2. The predicted octanol–water partition coefficient (Wildman–Crippen LogP) is 3.67. The molecule has 130 valence electrons. The lowest BCUT2D eigenvalue weighted by molar-refractivity contribution is -0.0946. The van der Waals surface area contributed by atoms with Gasteiger partial charge < -0.3 is 13.9 Å². The van der Waals surface area contributed by atoms with E-state index < -0.39 is 32.7 Å². The minimum Gasteiger partial charge on any atom is -0.414 e. The van der Waals surface area contributed by atoms with E-state index in [0.29, 0.717) is 6.42 Å². The molecule has 1 fully saturated rings. The second-order valence-corrected chi connectivity index (χ2v) is 12.2. The quantitative estimate of drug-likeness (QED) is 0.319. The molecular formula is C14H27BFN3O3Si. The van der Waals surface area contributed by atoms with Crippen LogP contribution >= 0.6 is 0 Å². The van der Waals surface area contributed by atoms with E-state index in [9.17, 15) is 4.39 Å². The van der Waals surface area contributed by atoms with Gasteiger partial charge in [0, 0.05) is 10.9 Å². The van der Waals surface area contributed by atoms with Crippen LogP contribution in [0.15, 0.2) is 5.11 Å². The number of azide groups is 1. The van der Waals surface area contributed by atoms with Gasteiger partial charge >= 0.3 is 0 Å². The molecule has 2 radical (unpaired) electrons. The van der Waals surface area contributed by atoms with Gasteiger partial charge in [-0.1, -0.05) is 25.9 Å². The van der Waals surface area contributed by atoms with Crippen molar-refractivity contribution in [2.75, 3.05) is 13.3 Å². The van der Waals surface area contributed by atoms with Crippen LogP contribution in [0.25, 0.3) is 10.4 Å². The van der Waals surface area contributed by atoms with E-state index in [2.05, 4.69) is 43.9 Å². The minimum absolute atomic E-state index is 0.0595. The third-order valence-electron chi connectivity index (χ3n) is 4.65. The highest BCUT2D eigenvalue weighted by Crippen LogP contribution is 2.37. The summed E-state index contributed by atoms with van der Waals surface area (Å²) in [5.74, 6) is 0. The van der Waals surface area contributed by atoms with Crippen molar-refractivity contribution < 1.29 is 18.3 Å². The molecule has 2 unspecified atom stereocenters. The van der Waals surface area contributed by atoms with Gasteiger partial charge in [-0.05, 0) is 36.5 Å². The topological polar surface area (TPSA) is 76.5 Å². The Morgan fingerprint density at radius 1 is 1.39 bits per heavy atom. The van der Waals surface area contributed by atoms with E-state index in [1.807, 2.05) is 0 Å². The Kier molecular flexibility index (Phi) is 7.54. The summed E-state index contributed by atoms with van der Waals surface area (Å²) in [5, 5.41) is 3.42. The Morgan fingerprint density at radius 2 is 2.04 bits per heavy atom. The molecule has 0 saturated carbocycles. The second-order valence-electron chi connectivity index (χ2n) is 7.37. The van der Waals surface area contributed by atoms with E-state index in [-0.39, 0.29) is 24.8 Å². The van der Waals surface area contributed by atoms with Crippen molar-refractivity contribution in [3.8, 4) is 0 Å². The summed E-state index contributed by atoms with van der Waals surface area (Å²) in [6.45, 7) is 10.9. The number of halogens is 1. The molecule has 0 aromatic carbocycles. The van der Waals surface area contributed by atoms with Gasteiger partial charge in [-0.3, -0.25) is 0 Å². The summed E-state index contributed by atoms with van der Waals surface area (Å²) >= 11 is 0. The molecule has 9 heteroatoms. The Morgan fingerprint density at radius 3 is 2.61 bits per heavy atom. The molecule has 6 nitrogen and oxygen atoms in total. The zero-order valence-corrected chi connectivity index (χ0v) is 15.7. The van der Waals surface area contributed by atoms with Crippen molar-refractivity contribution in [1.29, 1.82) is 0 Å². The van der Waals surface area contributed by atoms with Crippen molar-refractivity contribution >= 4 is 16.2 Å². The van der Waals surface area contributed by atoms with Crippen LogP contribution in [-0.4, -0.2) is 53.9 Å². The molecule has 0 aromatic heterocycles. The maximum Gasteiger partial charge on any atom is 0.192 e. The zero-order valence-electron chi connectivity index (χ0n) is 14.7. The number of alkyl halides is 1. The first-order valence-electron chi connectivity index (χ1n) is 7.90. The first kappa shape index (κ1) is 20.4. The fourth-order valence-electron chi connectivity index (χ4n) is 2.05. The summed E-state index contributed by atoms with van der Waals surface area (Å²) in [7, 11) is 3.77. The molecule has 0 bridgehead atoms. The van der Waals surface area contributed by atoms with Crippen molar-refractivity contribution in [3.63, 3.8) is 0 Å². The van der Waals surface area contributed by atoms with Crippen molar-refractivity contribution in [1.82, 2.24) is 0 Å². The number of hydrogen-bond donors (Lipinski definition) is 0. The van der Waals surface area contributed by atoms with E-state index in [1.54, 1.807) is 0 Å². The standard InChI is InChI=1S/C14H27BFN3O3Si/c1-14(2,3)23(4,5)21-8-12-11(20-9-18-19-17)7-6-10(16)13(15)22-12/h10-13H,6-9H2,1-5H3/t10?,11?,12-,13-/m1/s1. The molecule has 1 aliphatic heterocycles. The van der Waals surface area contributed by atoms with Gasteiger partial charge in [-0.2, -0.15) is 0 Å². The van der Waals surface area contributed by atoms with Crippen LogP contribution in [0.5, 0.6) is 0 Å². The van der Waals surface area contributed by atoms with Crippen molar-refractivity contribution in [3.05, 3.63) is 10.4 Å². The number of hydrogen-bond acceptors (Lipinski definition) is 4. The van der Waals surface area contributed by atoms with E-state index in [0.717, 1.165) is 0 Å². The number of rotatable bonds is 6. The lowest BCUT2D eigenvalue weighted by Gasteiger charge is -2.38. The Hall–Kier alpha value is -0.598. The smallest absolute Gasteiger partial charge is 0.192 e. The van der Waals surface area contributed by atoms with Gasteiger partial charge in [-0.25, -0.2) is 4.39 Å². The maximum atomic E-state index is 13.8. The van der Waals surface area contributed by atoms with Crippen LogP contribution in [0.2, 0.25) is 18.1 Å². The first-order chi connectivity index (χ1) is 10.6. The van der Waals surface area contributed by atoms with E-state index in [1.165, 1.54) is 0 Å². The van der Waals surface area contributed by atoms with Crippen LogP contribution in [0.4, 0.5) is 4.39 Å². The molecule has 0 aromatic rings. The van der Waals surface area contributed by atoms with Gasteiger partial charge in [0.05, 0.1) is 12.7 Å². The van der Waals surface area contributed by atoms with Gasteiger partial charge in [0.25, 0.3) is 0 Å². The molecule has 0 amide bonds. The molecule has 23 heavy (non-hydrogen) atoms. The van der Waals surface area contributed by atoms with Crippen LogP contribution < -0.4 is 0 Å². The molecule has 0 spiro atoms. The normalized spacial score (nSPS) is 29.7. The summed E-state index contributed by atoms with van der Waals surface area (Å²) in [5.41, 5.74) is 8.35. The fourth-order valence-corrected chi connectivity index (χ4v) is 3.06. The minimum atomic E-state index is -1.96. The van der Waals surface area contributed by atoms with E-state index in [4.69, 9.17) is 27.3 Å².